The fourth-order valence-corrected chi connectivity index (χ4v) is 1.40. The molecule has 0 aliphatic carbocycles. The van der Waals surface area contributed by atoms with Gasteiger partial charge in [0.05, 0.1) is 24.5 Å². The molecule has 0 bridgehead atoms. The highest BCUT2D eigenvalue weighted by atomic mass is 16.4. The molecule has 2 N–H and O–H groups in total. The molecule has 0 fully saturated rings. The number of aromatic nitrogens is 2. The number of carbonyl (C=O) groups is 1. The van der Waals surface area contributed by atoms with Gasteiger partial charge >= 0.3 is 5.97 Å². The Morgan fingerprint density at radius 1 is 1.31 bits per heavy atom. The average Bonchev–Trinajstić information content (AvgIpc) is 2.65. The number of hydrogen-bond donors (Lipinski definition) is 2. The van der Waals surface area contributed by atoms with E-state index < -0.39 is 5.97 Å². The highest BCUT2D eigenvalue weighted by molar-refractivity contribution is 5.70. The zero-order valence-electron chi connectivity index (χ0n) is 8.37. The van der Waals surface area contributed by atoms with Crippen LogP contribution < -0.4 is 0 Å². The molecule has 0 unspecified atom stereocenters. The topological polar surface area (TPSA) is 75.3 Å². The van der Waals surface area contributed by atoms with E-state index in [1.165, 1.54) is 17.1 Å². The van der Waals surface area contributed by atoms with Crippen LogP contribution in [-0.2, 0) is 11.2 Å². The summed E-state index contributed by atoms with van der Waals surface area (Å²) < 4.78 is 1.51. The molecule has 5 nitrogen and oxygen atoms in total. The maximum absolute atomic E-state index is 10.5. The minimum atomic E-state index is -0.857. The fraction of sp³-hybridized carbons (Fsp3) is 0.0909. The Balaban J connectivity index is 2.22. The standard InChI is InChI=1S/C11H10N2O3/c14-10-6-12-13(7-10)9-3-1-8(2-4-9)5-11(15)16/h1-4,6-7,14H,5H2,(H,15,16). The summed E-state index contributed by atoms with van der Waals surface area (Å²) in [5.41, 5.74) is 1.50. The van der Waals surface area contributed by atoms with Crippen LogP contribution in [0.3, 0.4) is 0 Å². The lowest BCUT2D eigenvalue weighted by atomic mass is 10.1. The van der Waals surface area contributed by atoms with Gasteiger partial charge in [-0.05, 0) is 17.7 Å². The molecule has 0 amide bonds. The molecule has 0 atom stereocenters. The van der Waals surface area contributed by atoms with Gasteiger partial charge in [-0.3, -0.25) is 4.79 Å². The van der Waals surface area contributed by atoms with E-state index >= 15 is 0 Å². The van der Waals surface area contributed by atoms with E-state index in [-0.39, 0.29) is 12.2 Å². The molecule has 0 spiro atoms. The Labute approximate surface area is 91.6 Å². The highest BCUT2D eigenvalue weighted by Gasteiger charge is 2.02. The fourth-order valence-electron chi connectivity index (χ4n) is 1.40. The molecule has 0 aliphatic heterocycles. The third-order valence-corrected chi connectivity index (χ3v) is 2.13. The van der Waals surface area contributed by atoms with Crippen LogP contribution in [0.2, 0.25) is 0 Å². The molecule has 0 radical (unpaired) electrons. The molecule has 1 aromatic heterocycles. The second kappa shape index (κ2) is 4.06. The summed E-state index contributed by atoms with van der Waals surface area (Å²) in [5, 5.41) is 21.7. The normalized spacial score (nSPS) is 10.2. The minimum Gasteiger partial charge on any atom is -0.505 e. The first kappa shape index (κ1) is 10.2. The van der Waals surface area contributed by atoms with Gasteiger partial charge in [0.2, 0.25) is 0 Å². The number of hydrogen-bond acceptors (Lipinski definition) is 3. The van der Waals surface area contributed by atoms with Gasteiger partial charge in [-0.15, -0.1) is 0 Å². The summed E-state index contributed by atoms with van der Waals surface area (Å²) >= 11 is 0. The van der Waals surface area contributed by atoms with Crippen molar-refractivity contribution in [3.63, 3.8) is 0 Å². The molecule has 5 heteroatoms. The van der Waals surface area contributed by atoms with Crippen molar-refractivity contribution in [3.05, 3.63) is 42.2 Å². The second-order valence-corrected chi connectivity index (χ2v) is 3.38. The van der Waals surface area contributed by atoms with Gasteiger partial charge in [0, 0.05) is 0 Å². The van der Waals surface area contributed by atoms with Crippen LogP contribution in [0.25, 0.3) is 5.69 Å². The van der Waals surface area contributed by atoms with E-state index in [4.69, 9.17) is 10.2 Å². The minimum absolute atomic E-state index is 0.00460. The molecule has 2 aromatic rings. The van der Waals surface area contributed by atoms with E-state index in [1.54, 1.807) is 24.3 Å². The van der Waals surface area contributed by atoms with Gasteiger partial charge in [-0.1, -0.05) is 12.1 Å². The maximum Gasteiger partial charge on any atom is 0.307 e. The van der Waals surface area contributed by atoms with Crippen molar-refractivity contribution in [2.24, 2.45) is 0 Å². The quantitative estimate of drug-likeness (QED) is 0.811. The predicted octanol–water partition coefficient (Wildman–Crippen LogP) is 1.20. The third-order valence-electron chi connectivity index (χ3n) is 2.13. The van der Waals surface area contributed by atoms with Crippen LogP contribution in [-0.4, -0.2) is 26.0 Å². The van der Waals surface area contributed by atoms with Crippen molar-refractivity contribution < 1.29 is 15.0 Å². The van der Waals surface area contributed by atoms with E-state index in [2.05, 4.69) is 5.10 Å². The van der Waals surface area contributed by atoms with Gasteiger partial charge < -0.3 is 10.2 Å². The lowest BCUT2D eigenvalue weighted by Gasteiger charge is -2.02. The smallest absolute Gasteiger partial charge is 0.307 e. The van der Waals surface area contributed by atoms with Crippen LogP contribution in [0.1, 0.15) is 5.56 Å². The monoisotopic (exact) mass is 218 g/mol. The predicted molar refractivity (Wildman–Crippen MR) is 56.6 cm³/mol. The summed E-state index contributed by atoms with van der Waals surface area (Å²) in [7, 11) is 0. The van der Waals surface area contributed by atoms with Crippen LogP contribution in [0.4, 0.5) is 0 Å². The number of rotatable bonds is 3. The number of benzene rings is 1. The molecule has 0 aliphatic rings. The Kier molecular flexibility index (Phi) is 2.59. The second-order valence-electron chi connectivity index (χ2n) is 3.38. The zero-order chi connectivity index (χ0) is 11.5. The van der Waals surface area contributed by atoms with Crippen molar-refractivity contribution in [1.29, 1.82) is 0 Å². The van der Waals surface area contributed by atoms with Crippen molar-refractivity contribution in [1.82, 2.24) is 9.78 Å². The van der Waals surface area contributed by atoms with Gasteiger partial charge in [0.15, 0.2) is 5.75 Å². The van der Waals surface area contributed by atoms with E-state index in [0.717, 1.165) is 11.3 Å². The van der Waals surface area contributed by atoms with Crippen LogP contribution >= 0.6 is 0 Å². The zero-order valence-corrected chi connectivity index (χ0v) is 8.37. The summed E-state index contributed by atoms with van der Waals surface area (Å²) in [6, 6.07) is 6.96. The Bertz CT molecular complexity index is 502. The molecule has 1 heterocycles. The SMILES string of the molecule is O=C(O)Cc1ccc(-n2cc(O)cn2)cc1. The van der Waals surface area contributed by atoms with E-state index in [1.807, 2.05) is 0 Å². The number of aromatic hydroxyl groups is 1. The average molecular weight is 218 g/mol. The number of carboxylic acid groups (broad SMARTS) is 1. The molecule has 0 saturated carbocycles. The van der Waals surface area contributed by atoms with Gasteiger partial charge in [-0.2, -0.15) is 5.10 Å². The van der Waals surface area contributed by atoms with Crippen LogP contribution in [0.5, 0.6) is 5.75 Å². The highest BCUT2D eigenvalue weighted by Crippen LogP contribution is 2.13. The van der Waals surface area contributed by atoms with E-state index in [0.29, 0.717) is 0 Å². The van der Waals surface area contributed by atoms with Crippen molar-refractivity contribution in [3.8, 4) is 11.4 Å². The Hall–Kier alpha value is -2.30. The van der Waals surface area contributed by atoms with E-state index in [9.17, 15) is 4.79 Å². The van der Waals surface area contributed by atoms with Crippen molar-refractivity contribution in [2.45, 2.75) is 6.42 Å². The first-order valence-corrected chi connectivity index (χ1v) is 4.70. The van der Waals surface area contributed by atoms with Gasteiger partial charge in [-0.25, -0.2) is 4.68 Å². The molecular formula is C11H10N2O3. The summed E-state index contributed by atoms with van der Waals surface area (Å²) in [6.07, 6.45) is 2.82. The van der Waals surface area contributed by atoms with Crippen molar-refractivity contribution >= 4 is 5.97 Å². The van der Waals surface area contributed by atoms with Crippen molar-refractivity contribution in [2.75, 3.05) is 0 Å². The molecule has 1 aromatic carbocycles. The molecule has 82 valence electrons. The summed E-state index contributed by atoms with van der Waals surface area (Å²) in [5.74, 6) is -0.765. The number of nitrogens with zero attached hydrogens (tertiary/aromatic N) is 2. The lowest BCUT2D eigenvalue weighted by molar-refractivity contribution is -0.136. The van der Waals surface area contributed by atoms with Gasteiger partial charge in [0.25, 0.3) is 0 Å². The molecule has 2 rings (SSSR count). The van der Waals surface area contributed by atoms with Crippen LogP contribution in [0, 0.1) is 0 Å². The number of carboxylic acids is 1. The number of aliphatic carboxylic acids is 1. The summed E-state index contributed by atoms with van der Waals surface area (Å²) in [6.45, 7) is 0. The Morgan fingerprint density at radius 2 is 2.00 bits per heavy atom. The summed E-state index contributed by atoms with van der Waals surface area (Å²) in [4.78, 5) is 10.5. The molecule has 16 heavy (non-hydrogen) atoms. The Morgan fingerprint density at radius 3 is 2.50 bits per heavy atom. The lowest BCUT2D eigenvalue weighted by Crippen LogP contribution is -2.00. The first-order valence-electron chi connectivity index (χ1n) is 4.70. The first-order chi connectivity index (χ1) is 7.65. The molecule has 0 saturated heterocycles. The third kappa shape index (κ3) is 2.20. The maximum atomic E-state index is 10.5. The van der Waals surface area contributed by atoms with Crippen LogP contribution in [0.15, 0.2) is 36.7 Å². The largest absolute Gasteiger partial charge is 0.505 e. The molecular weight excluding hydrogens is 208 g/mol. The van der Waals surface area contributed by atoms with Gasteiger partial charge in [0.1, 0.15) is 0 Å².